The van der Waals surface area contributed by atoms with E-state index >= 15 is 0 Å². The Bertz CT molecular complexity index is 1170. The van der Waals surface area contributed by atoms with Gasteiger partial charge in [-0.3, -0.25) is 4.98 Å². The van der Waals surface area contributed by atoms with Crippen LogP contribution in [0.4, 0.5) is 19.3 Å². The maximum Gasteiger partial charge on any atom is 0.347 e. The van der Waals surface area contributed by atoms with Crippen molar-refractivity contribution < 1.29 is 32.2 Å². The zero-order chi connectivity index (χ0) is 24.4. The lowest BCUT2D eigenvalue weighted by Crippen LogP contribution is -2.38. The molecule has 1 aromatic heterocycles. The lowest BCUT2D eigenvalue weighted by atomic mass is 10.0. The van der Waals surface area contributed by atoms with E-state index in [1.807, 2.05) is 0 Å². The molecule has 8 nitrogen and oxygen atoms in total. The van der Waals surface area contributed by atoms with Crippen molar-refractivity contribution in [2.75, 3.05) is 25.0 Å². The number of hydrogen-bond donors (Lipinski definition) is 3. The number of pyridine rings is 1. The fourth-order valence-corrected chi connectivity index (χ4v) is 4.38. The number of benzene rings is 1. The third kappa shape index (κ3) is 5.49. The van der Waals surface area contributed by atoms with Crippen LogP contribution in [-0.2, 0) is 9.84 Å². The summed E-state index contributed by atoms with van der Waals surface area (Å²) in [5, 5.41) is 17.7. The van der Waals surface area contributed by atoms with Crippen LogP contribution in [0.5, 0.6) is 0 Å². The Hall–Kier alpha value is -2.60. The number of aliphatic hydroxyl groups is 2. The predicted molar refractivity (Wildman–Crippen MR) is 119 cm³/mol. The molecule has 1 atom stereocenters. The molecule has 0 bridgehead atoms. The number of anilines is 1. The molecule has 0 spiro atoms. The van der Waals surface area contributed by atoms with Crippen molar-refractivity contribution in [3.63, 3.8) is 0 Å². The van der Waals surface area contributed by atoms with Crippen LogP contribution in [0, 0.1) is 0 Å². The molecule has 2 heterocycles. The molecular formula is C21H22ClF2N3O5S. The normalized spacial score (nSPS) is 15.7. The number of amides is 2. The molecule has 33 heavy (non-hydrogen) atoms. The Morgan fingerprint density at radius 2 is 2.00 bits per heavy atom. The number of aliphatic hydroxyl groups excluding tert-OH is 2. The van der Waals surface area contributed by atoms with Crippen molar-refractivity contribution >= 4 is 38.7 Å². The van der Waals surface area contributed by atoms with E-state index in [1.54, 1.807) is 6.08 Å². The summed E-state index contributed by atoms with van der Waals surface area (Å²) >= 11 is 6.26. The highest BCUT2D eigenvalue weighted by molar-refractivity contribution is 7.92. The first-order chi connectivity index (χ1) is 15.4. The van der Waals surface area contributed by atoms with Gasteiger partial charge >= 0.3 is 11.3 Å². The lowest BCUT2D eigenvalue weighted by Gasteiger charge is -2.27. The van der Waals surface area contributed by atoms with Crippen molar-refractivity contribution in [3.05, 3.63) is 58.9 Å². The Kier molecular flexibility index (Phi) is 7.37. The number of sulfone groups is 1. The fraction of sp³-hybridized carbons (Fsp3) is 0.333. The van der Waals surface area contributed by atoms with Crippen LogP contribution >= 0.6 is 11.6 Å². The summed E-state index contributed by atoms with van der Waals surface area (Å²) in [6.07, 6.45) is 2.61. The molecule has 178 valence electrons. The van der Waals surface area contributed by atoms with Crippen molar-refractivity contribution in [1.82, 2.24) is 9.88 Å². The quantitative estimate of drug-likeness (QED) is 0.557. The SMILES string of the molecule is CC(F)(F)S(=O)(=O)c1ccc(NC(=O)N2CC=C(c3ncc([C@H](O)CO)cc3Cl)CC2)cc1. The minimum Gasteiger partial charge on any atom is -0.393 e. The average molecular weight is 502 g/mol. The van der Waals surface area contributed by atoms with Crippen LogP contribution in [0.15, 0.2) is 47.5 Å². The first-order valence-corrected chi connectivity index (χ1v) is 11.7. The molecule has 0 fully saturated rings. The summed E-state index contributed by atoms with van der Waals surface area (Å²) in [6, 6.07) is 5.61. The minimum absolute atomic E-state index is 0.259. The molecule has 0 radical (unpaired) electrons. The van der Waals surface area contributed by atoms with Gasteiger partial charge in [0.1, 0.15) is 6.10 Å². The molecule has 12 heteroatoms. The second-order valence-corrected chi connectivity index (χ2v) is 10.1. The zero-order valence-corrected chi connectivity index (χ0v) is 19.1. The van der Waals surface area contributed by atoms with Crippen molar-refractivity contribution in [2.45, 2.75) is 29.6 Å². The summed E-state index contributed by atoms with van der Waals surface area (Å²) in [4.78, 5) is 17.8. The van der Waals surface area contributed by atoms with Crippen LogP contribution in [0.2, 0.25) is 5.02 Å². The van der Waals surface area contributed by atoms with Gasteiger partial charge in [0.15, 0.2) is 0 Å². The highest BCUT2D eigenvalue weighted by atomic mass is 35.5. The zero-order valence-electron chi connectivity index (χ0n) is 17.5. The molecule has 0 unspecified atom stereocenters. The molecule has 2 amide bonds. The Balaban J connectivity index is 1.65. The number of alkyl halides is 2. The predicted octanol–water partition coefficient (Wildman–Crippen LogP) is 3.47. The first-order valence-electron chi connectivity index (χ1n) is 9.86. The van der Waals surface area contributed by atoms with Gasteiger partial charge in [-0.05, 0) is 42.3 Å². The smallest absolute Gasteiger partial charge is 0.347 e. The number of urea groups is 1. The molecule has 0 aliphatic carbocycles. The van der Waals surface area contributed by atoms with Crippen LogP contribution in [-0.4, -0.2) is 59.5 Å². The van der Waals surface area contributed by atoms with Gasteiger partial charge in [-0.25, -0.2) is 13.2 Å². The number of carbonyl (C=O) groups is 1. The highest BCUT2D eigenvalue weighted by Crippen LogP contribution is 2.30. The average Bonchev–Trinajstić information content (AvgIpc) is 2.78. The second kappa shape index (κ2) is 9.72. The van der Waals surface area contributed by atoms with E-state index in [4.69, 9.17) is 16.7 Å². The van der Waals surface area contributed by atoms with Gasteiger partial charge in [0.25, 0.3) is 0 Å². The summed E-state index contributed by atoms with van der Waals surface area (Å²) in [5.41, 5.74) is 2.00. The number of carbonyl (C=O) groups excluding carboxylic acids is 1. The largest absolute Gasteiger partial charge is 0.393 e. The van der Waals surface area contributed by atoms with Crippen molar-refractivity contribution in [3.8, 4) is 0 Å². The number of rotatable bonds is 6. The Labute approximate surface area is 194 Å². The van der Waals surface area contributed by atoms with Crippen LogP contribution in [0.3, 0.4) is 0 Å². The number of nitrogens with one attached hydrogen (secondary N) is 1. The molecule has 1 aliphatic rings. The molecule has 1 aliphatic heterocycles. The summed E-state index contributed by atoms with van der Waals surface area (Å²) < 4.78 is 50.1. The number of nitrogens with zero attached hydrogens (tertiary/aromatic N) is 2. The molecule has 0 saturated heterocycles. The van der Waals surface area contributed by atoms with Gasteiger partial charge in [-0.15, -0.1) is 0 Å². The summed E-state index contributed by atoms with van der Waals surface area (Å²) in [5.74, 6) is 0. The third-order valence-electron chi connectivity index (χ3n) is 5.11. The van der Waals surface area contributed by atoms with Gasteiger partial charge in [-0.2, -0.15) is 8.78 Å². The topological polar surface area (TPSA) is 120 Å². The van der Waals surface area contributed by atoms with E-state index in [1.165, 1.54) is 29.3 Å². The van der Waals surface area contributed by atoms with E-state index in [9.17, 15) is 27.1 Å². The third-order valence-corrected chi connectivity index (χ3v) is 7.23. The van der Waals surface area contributed by atoms with Crippen molar-refractivity contribution in [2.24, 2.45) is 0 Å². The fourth-order valence-electron chi connectivity index (χ4n) is 3.17. The summed E-state index contributed by atoms with van der Waals surface area (Å²) in [6.45, 7) is 0.472. The Morgan fingerprint density at radius 3 is 2.52 bits per heavy atom. The molecule has 1 aromatic carbocycles. The monoisotopic (exact) mass is 501 g/mol. The van der Waals surface area contributed by atoms with E-state index < -0.39 is 38.7 Å². The Morgan fingerprint density at radius 1 is 1.33 bits per heavy atom. The van der Waals surface area contributed by atoms with Gasteiger partial charge in [0, 0.05) is 37.5 Å². The molecule has 3 rings (SSSR count). The maximum atomic E-state index is 13.3. The van der Waals surface area contributed by atoms with Gasteiger partial charge in [-0.1, -0.05) is 17.7 Å². The van der Waals surface area contributed by atoms with E-state index in [0.29, 0.717) is 36.2 Å². The maximum absolute atomic E-state index is 13.3. The van der Waals surface area contributed by atoms with Crippen LogP contribution in [0.1, 0.15) is 30.7 Å². The van der Waals surface area contributed by atoms with Gasteiger partial charge in [0.2, 0.25) is 9.84 Å². The molecule has 2 aromatic rings. The van der Waals surface area contributed by atoms with E-state index in [2.05, 4.69) is 10.3 Å². The van der Waals surface area contributed by atoms with E-state index in [0.717, 1.165) is 17.7 Å². The van der Waals surface area contributed by atoms with Crippen LogP contribution < -0.4 is 5.32 Å². The number of aromatic nitrogens is 1. The van der Waals surface area contributed by atoms with Gasteiger partial charge in [0.05, 0.1) is 22.2 Å². The standard InChI is InChI=1S/C21H22ClF2N3O5S/c1-21(23,24)33(31,32)16-4-2-15(3-5-16)26-20(30)27-8-6-13(7-9-27)19-17(22)10-14(11-25-19)18(29)12-28/h2-6,10-11,18,28-29H,7-9,12H2,1H3,(H,26,30)/t18-/m1/s1. The summed E-state index contributed by atoms with van der Waals surface area (Å²) in [7, 11) is -4.79. The number of hydrogen-bond acceptors (Lipinski definition) is 6. The second-order valence-electron chi connectivity index (χ2n) is 7.49. The molecular weight excluding hydrogens is 480 g/mol. The van der Waals surface area contributed by atoms with Crippen LogP contribution in [0.25, 0.3) is 5.57 Å². The first kappa shape index (κ1) is 25.0. The molecule has 3 N–H and O–H groups in total. The van der Waals surface area contributed by atoms with Crippen molar-refractivity contribution in [1.29, 1.82) is 0 Å². The van der Waals surface area contributed by atoms with Gasteiger partial charge < -0.3 is 20.4 Å². The highest BCUT2D eigenvalue weighted by Gasteiger charge is 2.40. The minimum atomic E-state index is -4.79. The molecule has 0 saturated carbocycles. The lowest BCUT2D eigenvalue weighted by molar-refractivity contribution is 0.0953. The van der Waals surface area contributed by atoms with E-state index in [-0.39, 0.29) is 12.2 Å². The number of halogens is 3.